The Kier molecular flexibility index (Phi) is 9.44. The minimum Gasteiger partial charge on any atom is -0.487 e. The molecule has 0 unspecified atom stereocenters. The van der Waals surface area contributed by atoms with Crippen LogP contribution in [0.15, 0.2) is 84.6 Å². The SMILES string of the molecule is CCOC(=O)C1=C(C)N=c2s/c(=C/c3cc(Br)c(OCc4ccc(Cl)c(Cl)c4)c(Br)c3)c(=O)n2[C@@H]1c1ccc(C)cc1. The zero-order valence-corrected chi connectivity index (χ0v) is 28.2. The van der Waals surface area contributed by atoms with Crippen LogP contribution in [0.1, 0.15) is 42.1 Å². The quantitative estimate of drug-likeness (QED) is 0.184. The molecule has 0 N–H and O–H groups in total. The number of carbonyl (C=O) groups excluding carboxylic acids is 1. The first-order valence-corrected chi connectivity index (χ1v) is 16.0. The summed E-state index contributed by atoms with van der Waals surface area (Å²) in [6.45, 7) is 6.02. The number of hydrogen-bond acceptors (Lipinski definition) is 6. The van der Waals surface area contributed by atoms with E-state index < -0.39 is 12.0 Å². The van der Waals surface area contributed by atoms with E-state index in [1.807, 2.05) is 49.4 Å². The first-order valence-electron chi connectivity index (χ1n) is 12.9. The summed E-state index contributed by atoms with van der Waals surface area (Å²) in [6, 6.07) is 16.2. The zero-order chi connectivity index (χ0) is 30.1. The minimum absolute atomic E-state index is 0.220. The Labute approximate surface area is 273 Å². The van der Waals surface area contributed by atoms with Gasteiger partial charge in [0.25, 0.3) is 5.56 Å². The zero-order valence-electron chi connectivity index (χ0n) is 22.7. The Morgan fingerprint density at radius 1 is 1.05 bits per heavy atom. The molecule has 4 aromatic rings. The van der Waals surface area contributed by atoms with E-state index in [0.29, 0.717) is 45.3 Å². The van der Waals surface area contributed by atoms with E-state index in [0.717, 1.165) is 22.3 Å². The molecule has 5 rings (SSSR count). The molecule has 0 radical (unpaired) electrons. The maximum atomic E-state index is 13.9. The van der Waals surface area contributed by atoms with Gasteiger partial charge in [0, 0.05) is 0 Å². The van der Waals surface area contributed by atoms with Crippen LogP contribution in [-0.2, 0) is 16.1 Å². The summed E-state index contributed by atoms with van der Waals surface area (Å²) >= 11 is 20.6. The third-order valence-corrected chi connectivity index (χ3v) is 9.50. The average Bonchev–Trinajstić information content (AvgIpc) is 3.24. The Morgan fingerprint density at radius 3 is 2.38 bits per heavy atom. The molecule has 0 spiro atoms. The van der Waals surface area contributed by atoms with Crippen LogP contribution in [-0.4, -0.2) is 17.1 Å². The van der Waals surface area contributed by atoms with Gasteiger partial charge in [0.2, 0.25) is 0 Å². The number of carbonyl (C=O) groups is 1. The van der Waals surface area contributed by atoms with Crippen LogP contribution < -0.4 is 19.6 Å². The fraction of sp³-hybridized carbons (Fsp3) is 0.194. The Morgan fingerprint density at radius 2 is 1.74 bits per heavy atom. The number of esters is 1. The van der Waals surface area contributed by atoms with Gasteiger partial charge in [-0.25, -0.2) is 9.79 Å². The van der Waals surface area contributed by atoms with Gasteiger partial charge in [-0.1, -0.05) is 70.4 Å². The van der Waals surface area contributed by atoms with E-state index in [9.17, 15) is 9.59 Å². The molecule has 42 heavy (non-hydrogen) atoms. The summed E-state index contributed by atoms with van der Waals surface area (Å²) in [4.78, 5) is 32.1. The van der Waals surface area contributed by atoms with Gasteiger partial charge in [0.1, 0.15) is 12.4 Å². The first-order chi connectivity index (χ1) is 20.1. The van der Waals surface area contributed by atoms with Crippen LogP contribution in [0.25, 0.3) is 6.08 Å². The molecule has 0 amide bonds. The van der Waals surface area contributed by atoms with Crippen molar-refractivity contribution < 1.29 is 14.3 Å². The van der Waals surface area contributed by atoms with E-state index in [1.54, 1.807) is 36.6 Å². The standard InChI is InChI=1S/C31H24Br2Cl2N2O4S/c1-4-40-30(39)26-17(3)36-31-37(27(26)20-8-5-16(2)6-9-20)29(38)25(42-31)14-19-11-21(32)28(22(33)12-19)41-15-18-7-10-23(34)24(35)13-18/h5-14,27H,4,15H2,1-3H3/b25-14+/t27-/m1/s1. The van der Waals surface area contributed by atoms with Crippen molar-refractivity contribution in [2.24, 2.45) is 4.99 Å². The predicted molar refractivity (Wildman–Crippen MR) is 174 cm³/mol. The number of hydrogen-bond donors (Lipinski definition) is 0. The Balaban J connectivity index is 1.54. The molecule has 0 saturated carbocycles. The molecule has 11 heteroatoms. The monoisotopic (exact) mass is 748 g/mol. The molecule has 1 aliphatic rings. The summed E-state index contributed by atoms with van der Waals surface area (Å²) in [5.41, 5.74) is 4.16. The number of thiazole rings is 1. The van der Waals surface area contributed by atoms with Gasteiger partial charge in [-0.3, -0.25) is 9.36 Å². The molecule has 2 heterocycles. The smallest absolute Gasteiger partial charge is 0.338 e. The fourth-order valence-corrected chi connectivity index (χ4v) is 7.41. The number of ether oxygens (including phenoxy) is 2. The maximum Gasteiger partial charge on any atom is 0.338 e. The molecule has 6 nitrogen and oxygen atoms in total. The number of rotatable bonds is 7. The Hall–Kier alpha value is -2.69. The second-order valence-corrected chi connectivity index (χ2v) is 13.1. The van der Waals surface area contributed by atoms with Crippen molar-refractivity contribution in [1.82, 2.24) is 4.57 Å². The van der Waals surface area contributed by atoms with Gasteiger partial charge in [-0.2, -0.15) is 0 Å². The number of fused-ring (bicyclic) bond motifs is 1. The topological polar surface area (TPSA) is 69.9 Å². The van der Waals surface area contributed by atoms with Crippen molar-refractivity contribution in [3.63, 3.8) is 0 Å². The second kappa shape index (κ2) is 12.9. The average molecular weight is 751 g/mol. The lowest BCUT2D eigenvalue weighted by molar-refractivity contribution is -0.139. The number of aryl methyl sites for hydroxylation is 1. The van der Waals surface area contributed by atoms with Crippen LogP contribution in [0.5, 0.6) is 5.75 Å². The van der Waals surface area contributed by atoms with E-state index >= 15 is 0 Å². The fourth-order valence-electron chi connectivity index (χ4n) is 4.59. The van der Waals surface area contributed by atoms with E-state index in [-0.39, 0.29) is 18.8 Å². The third-order valence-electron chi connectivity index (χ3n) is 6.60. The summed E-state index contributed by atoms with van der Waals surface area (Å²) < 4.78 is 14.9. The number of allylic oxidation sites excluding steroid dienone is 1. The largest absolute Gasteiger partial charge is 0.487 e. The highest BCUT2D eigenvalue weighted by atomic mass is 79.9. The summed E-state index contributed by atoms with van der Waals surface area (Å²) in [6.07, 6.45) is 1.80. The van der Waals surface area contributed by atoms with Gasteiger partial charge in [0.15, 0.2) is 4.80 Å². The number of benzene rings is 3. The number of halogens is 4. The molecular weight excluding hydrogens is 727 g/mol. The molecular formula is C31H24Br2Cl2N2O4S. The van der Waals surface area contributed by atoms with Crippen LogP contribution in [0, 0.1) is 6.92 Å². The molecule has 0 fully saturated rings. The van der Waals surface area contributed by atoms with Gasteiger partial charge >= 0.3 is 5.97 Å². The van der Waals surface area contributed by atoms with Crippen molar-refractivity contribution in [2.45, 2.75) is 33.4 Å². The Bertz CT molecular complexity index is 1890. The third kappa shape index (κ3) is 6.31. The van der Waals surface area contributed by atoms with Gasteiger partial charge < -0.3 is 9.47 Å². The second-order valence-electron chi connectivity index (χ2n) is 9.56. The highest BCUT2D eigenvalue weighted by molar-refractivity contribution is 9.11. The van der Waals surface area contributed by atoms with Gasteiger partial charge in [-0.05, 0) is 99.7 Å². The lowest BCUT2D eigenvalue weighted by atomic mass is 9.95. The van der Waals surface area contributed by atoms with Crippen molar-refractivity contribution in [3.8, 4) is 5.75 Å². The maximum absolute atomic E-state index is 13.9. The van der Waals surface area contributed by atoms with Crippen molar-refractivity contribution in [1.29, 1.82) is 0 Å². The van der Waals surface area contributed by atoms with Crippen molar-refractivity contribution >= 4 is 78.4 Å². The van der Waals surface area contributed by atoms with Crippen LogP contribution in [0.4, 0.5) is 0 Å². The van der Waals surface area contributed by atoms with E-state index in [2.05, 4.69) is 36.9 Å². The molecule has 1 atom stereocenters. The van der Waals surface area contributed by atoms with Crippen molar-refractivity contribution in [3.05, 3.63) is 127 Å². The van der Waals surface area contributed by atoms with Crippen LogP contribution in [0.2, 0.25) is 10.0 Å². The highest BCUT2D eigenvalue weighted by Crippen LogP contribution is 2.36. The molecule has 1 aliphatic heterocycles. The normalized spacial score (nSPS) is 14.9. The summed E-state index contributed by atoms with van der Waals surface area (Å²) in [7, 11) is 0. The number of nitrogens with zero attached hydrogens (tertiary/aromatic N) is 2. The van der Waals surface area contributed by atoms with Crippen molar-refractivity contribution in [2.75, 3.05) is 6.61 Å². The lowest BCUT2D eigenvalue weighted by Gasteiger charge is -2.24. The molecule has 0 bridgehead atoms. The summed E-state index contributed by atoms with van der Waals surface area (Å²) in [5, 5.41) is 0.941. The first kappa shape index (κ1) is 30.8. The minimum atomic E-state index is -0.654. The predicted octanol–water partition coefficient (Wildman–Crippen LogP) is 7.52. The van der Waals surface area contributed by atoms with Crippen LogP contribution >= 0.6 is 66.4 Å². The highest BCUT2D eigenvalue weighted by Gasteiger charge is 2.33. The molecule has 0 aliphatic carbocycles. The van der Waals surface area contributed by atoms with Crippen LogP contribution in [0.3, 0.4) is 0 Å². The molecule has 0 saturated heterocycles. The lowest BCUT2D eigenvalue weighted by Crippen LogP contribution is -2.39. The van der Waals surface area contributed by atoms with Gasteiger partial charge in [0.05, 0.1) is 47.4 Å². The summed E-state index contributed by atoms with van der Waals surface area (Å²) in [5.74, 6) is 0.122. The van der Waals surface area contributed by atoms with E-state index in [1.165, 1.54) is 11.3 Å². The van der Waals surface area contributed by atoms with Gasteiger partial charge in [-0.15, -0.1) is 0 Å². The van der Waals surface area contributed by atoms with E-state index in [4.69, 9.17) is 32.7 Å². The molecule has 1 aromatic heterocycles. The number of aromatic nitrogens is 1. The molecule has 216 valence electrons. The molecule has 3 aromatic carbocycles.